The molecular weight excluding hydrogens is 388 g/mol. The zero-order valence-electron chi connectivity index (χ0n) is 16.4. The smallest absolute Gasteiger partial charge is 0.263 e. The molecule has 152 valence electrons. The maximum Gasteiger partial charge on any atom is 0.263 e. The van der Waals surface area contributed by atoms with E-state index in [1.807, 2.05) is 44.2 Å². The molecule has 3 aromatic rings. The van der Waals surface area contributed by atoms with Gasteiger partial charge in [-0.2, -0.15) is 0 Å². The number of oxazole rings is 1. The second kappa shape index (κ2) is 10.4. The number of rotatable bonds is 8. The van der Waals surface area contributed by atoms with E-state index >= 15 is 0 Å². The van der Waals surface area contributed by atoms with E-state index in [1.54, 1.807) is 11.8 Å². The number of guanidine groups is 1. The Hall–Kier alpha value is -3.20. The van der Waals surface area contributed by atoms with Crippen LogP contribution in [-0.2, 0) is 6.54 Å². The molecule has 0 aliphatic carbocycles. The van der Waals surface area contributed by atoms with Crippen LogP contribution in [0, 0.1) is 6.92 Å². The minimum absolute atomic E-state index is 0.107. The summed E-state index contributed by atoms with van der Waals surface area (Å²) in [6, 6.07) is 9.74. The summed E-state index contributed by atoms with van der Waals surface area (Å²) < 4.78 is 5.54. The molecule has 9 heteroatoms. The molecule has 0 atom stereocenters. The highest BCUT2D eigenvalue weighted by Crippen LogP contribution is 2.18. The Morgan fingerprint density at radius 1 is 1.17 bits per heavy atom. The van der Waals surface area contributed by atoms with E-state index in [4.69, 9.17) is 4.42 Å². The zero-order chi connectivity index (χ0) is 20.5. The van der Waals surface area contributed by atoms with Crippen molar-refractivity contribution in [3.63, 3.8) is 0 Å². The maximum atomic E-state index is 12.1. The molecule has 2 aromatic heterocycles. The van der Waals surface area contributed by atoms with Gasteiger partial charge in [-0.25, -0.2) is 15.0 Å². The van der Waals surface area contributed by atoms with Crippen LogP contribution in [0.15, 0.2) is 51.5 Å². The van der Waals surface area contributed by atoms with Gasteiger partial charge in [0, 0.05) is 25.2 Å². The van der Waals surface area contributed by atoms with Gasteiger partial charge in [0.25, 0.3) is 5.91 Å². The standard InChI is InChI=1S/C20H24N6O2S/c1-3-21-20(23-10-9-22-18(27)17-14(2)25-13-29-17)24-11-16-12-28-19(26-16)15-7-5-4-6-8-15/h4-8,12-13H,3,9-11H2,1-2H3,(H,22,27)(H2,21,23,24). The number of carbonyl (C=O) groups excluding carboxylic acids is 1. The summed E-state index contributed by atoms with van der Waals surface area (Å²) in [6.45, 7) is 5.96. The number of thiazole rings is 1. The molecule has 29 heavy (non-hydrogen) atoms. The SMILES string of the molecule is CCNC(=NCc1coc(-c2ccccc2)n1)NCCNC(=O)c1scnc1C. The Morgan fingerprint density at radius 2 is 1.97 bits per heavy atom. The molecule has 1 amide bonds. The third kappa shape index (κ3) is 5.89. The Kier molecular flexibility index (Phi) is 7.34. The predicted molar refractivity (Wildman–Crippen MR) is 114 cm³/mol. The van der Waals surface area contributed by atoms with Gasteiger partial charge in [0.2, 0.25) is 5.89 Å². The molecule has 0 unspecified atom stereocenters. The van der Waals surface area contributed by atoms with Crippen LogP contribution in [0.4, 0.5) is 0 Å². The first-order valence-electron chi connectivity index (χ1n) is 9.37. The van der Waals surface area contributed by atoms with Gasteiger partial charge in [0.1, 0.15) is 16.8 Å². The lowest BCUT2D eigenvalue weighted by molar-refractivity contribution is 0.0957. The molecule has 3 rings (SSSR count). The number of aromatic nitrogens is 2. The van der Waals surface area contributed by atoms with Gasteiger partial charge >= 0.3 is 0 Å². The van der Waals surface area contributed by atoms with Crippen LogP contribution in [0.5, 0.6) is 0 Å². The highest BCUT2D eigenvalue weighted by molar-refractivity contribution is 7.11. The van der Waals surface area contributed by atoms with Gasteiger partial charge in [-0.15, -0.1) is 11.3 Å². The number of nitrogens with one attached hydrogen (secondary N) is 3. The van der Waals surface area contributed by atoms with Crippen LogP contribution in [0.25, 0.3) is 11.5 Å². The van der Waals surface area contributed by atoms with Crippen LogP contribution in [0.1, 0.15) is 28.0 Å². The number of hydrogen-bond acceptors (Lipinski definition) is 6. The Balaban J connectivity index is 1.49. The largest absolute Gasteiger partial charge is 0.444 e. The summed E-state index contributed by atoms with van der Waals surface area (Å²) in [5.74, 6) is 1.12. The summed E-state index contributed by atoms with van der Waals surface area (Å²) in [5, 5.41) is 9.25. The number of benzene rings is 1. The van der Waals surface area contributed by atoms with Gasteiger partial charge in [-0.05, 0) is 26.0 Å². The van der Waals surface area contributed by atoms with Crippen molar-refractivity contribution in [1.82, 2.24) is 25.9 Å². The van der Waals surface area contributed by atoms with Crippen molar-refractivity contribution >= 4 is 23.2 Å². The second-order valence-electron chi connectivity index (χ2n) is 6.15. The van der Waals surface area contributed by atoms with E-state index in [-0.39, 0.29) is 5.91 Å². The average Bonchev–Trinajstić information content (AvgIpc) is 3.39. The first-order chi connectivity index (χ1) is 14.2. The van der Waals surface area contributed by atoms with E-state index in [2.05, 4.69) is 30.9 Å². The van der Waals surface area contributed by atoms with Gasteiger partial charge in [0.05, 0.1) is 17.7 Å². The molecule has 0 bridgehead atoms. The van der Waals surface area contributed by atoms with Crippen molar-refractivity contribution in [1.29, 1.82) is 0 Å². The molecule has 0 saturated carbocycles. The third-order valence-corrected chi connectivity index (χ3v) is 4.90. The van der Waals surface area contributed by atoms with Crippen LogP contribution < -0.4 is 16.0 Å². The lowest BCUT2D eigenvalue weighted by Gasteiger charge is -2.11. The Bertz CT molecular complexity index is 951. The normalized spacial score (nSPS) is 11.3. The van der Waals surface area contributed by atoms with Crippen LogP contribution in [0.3, 0.4) is 0 Å². The number of aryl methyl sites for hydroxylation is 1. The molecule has 0 fully saturated rings. The van der Waals surface area contributed by atoms with Crippen LogP contribution in [-0.4, -0.2) is 41.5 Å². The molecular formula is C20H24N6O2S. The van der Waals surface area contributed by atoms with Gasteiger partial charge in [-0.1, -0.05) is 18.2 Å². The Morgan fingerprint density at radius 3 is 2.69 bits per heavy atom. The third-order valence-electron chi connectivity index (χ3n) is 3.97. The number of carbonyl (C=O) groups is 1. The monoisotopic (exact) mass is 412 g/mol. The highest BCUT2D eigenvalue weighted by atomic mass is 32.1. The predicted octanol–water partition coefficient (Wildman–Crippen LogP) is 2.59. The molecule has 0 spiro atoms. The molecule has 0 saturated heterocycles. The number of nitrogens with zero attached hydrogens (tertiary/aromatic N) is 3. The van der Waals surface area contributed by atoms with Crippen molar-refractivity contribution in [2.45, 2.75) is 20.4 Å². The molecule has 0 aliphatic heterocycles. The maximum absolute atomic E-state index is 12.1. The van der Waals surface area contributed by atoms with Crippen molar-refractivity contribution < 1.29 is 9.21 Å². The molecule has 1 aromatic carbocycles. The summed E-state index contributed by atoms with van der Waals surface area (Å²) in [5.41, 5.74) is 4.10. The first kappa shape index (κ1) is 20.5. The molecule has 3 N–H and O–H groups in total. The number of amides is 1. The van der Waals surface area contributed by atoms with Crippen LogP contribution in [0.2, 0.25) is 0 Å². The van der Waals surface area contributed by atoms with Crippen molar-refractivity contribution in [2.75, 3.05) is 19.6 Å². The molecule has 0 radical (unpaired) electrons. The van der Waals surface area contributed by atoms with Crippen molar-refractivity contribution in [3.05, 3.63) is 58.4 Å². The Labute approximate surface area is 173 Å². The summed E-state index contributed by atoms with van der Waals surface area (Å²) in [4.78, 5) is 25.8. The fourth-order valence-electron chi connectivity index (χ4n) is 2.55. The topological polar surface area (TPSA) is 104 Å². The van der Waals surface area contributed by atoms with E-state index in [9.17, 15) is 4.79 Å². The lowest BCUT2D eigenvalue weighted by atomic mass is 10.2. The first-order valence-corrected chi connectivity index (χ1v) is 10.3. The minimum atomic E-state index is -0.107. The minimum Gasteiger partial charge on any atom is -0.444 e. The van der Waals surface area contributed by atoms with Gasteiger partial charge in [0.15, 0.2) is 5.96 Å². The second-order valence-corrected chi connectivity index (χ2v) is 7.01. The number of hydrogen-bond donors (Lipinski definition) is 3. The fourth-order valence-corrected chi connectivity index (χ4v) is 3.27. The van der Waals surface area contributed by atoms with E-state index in [1.165, 1.54) is 11.3 Å². The summed E-state index contributed by atoms with van der Waals surface area (Å²) in [7, 11) is 0. The van der Waals surface area contributed by atoms with E-state index in [0.29, 0.717) is 36.4 Å². The van der Waals surface area contributed by atoms with Gasteiger partial charge < -0.3 is 20.4 Å². The fraction of sp³-hybridized carbons (Fsp3) is 0.300. The van der Waals surface area contributed by atoms with Crippen molar-refractivity contribution in [3.8, 4) is 11.5 Å². The zero-order valence-corrected chi connectivity index (χ0v) is 17.3. The number of aliphatic imine (C=N–C) groups is 1. The molecule has 8 nitrogen and oxygen atoms in total. The van der Waals surface area contributed by atoms with E-state index < -0.39 is 0 Å². The molecule has 0 aliphatic rings. The average molecular weight is 413 g/mol. The van der Waals surface area contributed by atoms with Crippen LogP contribution >= 0.6 is 11.3 Å². The molecule has 2 heterocycles. The highest BCUT2D eigenvalue weighted by Gasteiger charge is 2.11. The van der Waals surface area contributed by atoms with E-state index in [0.717, 1.165) is 23.5 Å². The van der Waals surface area contributed by atoms with Gasteiger partial charge in [-0.3, -0.25) is 4.79 Å². The quantitative estimate of drug-likeness (QED) is 0.298. The summed E-state index contributed by atoms with van der Waals surface area (Å²) in [6.07, 6.45) is 1.62. The summed E-state index contributed by atoms with van der Waals surface area (Å²) >= 11 is 1.34. The lowest BCUT2D eigenvalue weighted by Crippen LogP contribution is -2.41. The van der Waals surface area contributed by atoms with Crippen molar-refractivity contribution in [2.24, 2.45) is 4.99 Å².